The van der Waals surface area contributed by atoms with Crippen molar-refractivity contribution in [2.75, 3.05) is 36.0 Å². The first-order chi connectivity index (χ1) is 16.3. The molecule has 12 nitrogen and oxygen atoms in total. The van der Waals surface area contributed by atoms with E-state index < -0.39 is 34.6 Å². The summed E-state index contributed by atoms with van der Waals surface area (Å²) in [5.41, 5.74) is 1.20. The van der Waals surface area contributed by atoms with Crippen LogP contribution in [0.1, 0.15) is 33.6 Å². The number of amides is 4. The Kier molecular flexibility index (Phi) is 5.19. The zero-order valence-electron chi connectivity index (χ0n) is 18.0. The molecule has 0 aliphatic carbocycles. The fraction of sp³-hybridized carbons (Fsp3) is 0.318. The lowest BCUT2D eigenvalue weighted by Crippen LogP contribution is -2.54. The summed E-state index contributed by atoms with van der Waals surface area (Å²) in [6, 6.07) is 7.09. The maximum Gasteiger partial charge on any atom is 0.287 e. The van der Waals surface area contributed by atoms with Crippen LogP contribution in [0.4, 0.5) is 17.2 Å². The van der Waals surface area contributed by atoms with E-state index in [1.54, 1.807) is 24.3 Å². The molecule has 1 atom stereocenters. The molecule has 5 rings (SSSR count). The van der Waals surface area contributed by atoms with Crippen LogP contribution in [0.15, 0.2) is 36.5 Å². The van der Waals surface area contributed by atoms with Crippen LogP contribution in [-0.2, 0) is 9.59 Å². The van der Waals surface area contributed by atoms with Gasteiger partial charge in [-0.25, -0.2) is 4.98 Å². The topological polar surface area (TPSA) is 146 Å². The lowest BCUT2D eigenvalue weighted by molar-refractivity contribution is -0.385. The highest BCUT2D eigenvalue weighted by molar-refractivity contribution is 6.23. The third-order valence-electron chi connectivity index (χ3n) is 6.34. The minimum absolute atomic E-state index is 0.0638. The Morgan fingerprint density at radius 3 is 2.29 bits per heavy atom. The van der Waals surface area contributed by atoms with Crippen molar-refractivity contribution in [1.29, 1.82) is 0 Å². The minimum Gasteiger partial charge on any atom is -0.368 e. The molecule has 174 valence electrons. The molecular weight excluding hydrogens is 444 g/mol. The van der Waals surface area contributed by atoms with E-state index in [9.17, 15) is 29.3 Å². The van der Waals surface area contributed by atoms with Crippen LogP contribution in [-0.4, -0.2) is 70.7 Å². The van der Waals surface area contributed by atoms with Gasteiger partial charge in [0.2, 0.25) is 11.8 Å². The van der Waals surface area contributed by atoms with Gasteiger partial charge in [-0.2, -0.15) is 0 Å². The number of hydrogen-bond acceptors (Lipinski definition) is 9. The lowest BCUT2D eigenvalue weighted by Gasteiger charge is -2.36. The number of nitro groups is 1. The van der Waals surface area contributed by atoms with Crippen molar-refractivity contribution < 1.29 is 24.1 Å². The fourth-order valence-corrected chi connectivity index (χ4v) is 4.52. The zero-order valence-corrected chi connectivity index (χ0v) is 18.0. The summed E-state index contributed by atoms with van der Waals surface area (Å²) >= 11 is 0. The lowest BCUT2D eigenvalue weighted by atomic mass is 10.0. The Balaban J connectivity index is 1.29. The van der Waals surface area contributed by atoms with Crippen LogP contribution in [0.3, 0.4) is 0 Å². The summed E-state index contributed by atoms with van der Waals surface area (Å²) < 4.78 is 0. The van der Waals surface area contributed by atoms with Crippen LogP contribution in [0, 0.1) is 10.1 Å². The second kappa shape index (κ2) is 8.21. The number of pyridine rings is 1. The molecule has 4 amide bonds. The molecule has 3 aliphatic rings. The van der Waals surface area contributed by atoms with Crippen molar-refractivity contribution in [3.63, 3.8) is 0 Å². The number of piperidine rings is 1. The number of carbonyl (C=O) groups excluding carboxylic acids is 4. The van der Waals surface area contributed by atoms with Crippen LogP contribution < -0.4 is 15.1 Å². The molecule has 12 heteroatoms. The molecule has 0 radical (unpaired) electrons. The first kappa shape index (κ1) is 21.5. The van der Waals surface area contributed by atoms with Gasteiger partial charge in [-0.1, -0.05) is 0 Å². The van der Waals surface area contributed by atoms with Gasteiger partial charge in [0.1, 0.15) is 18.1 Å². The first-order valence-electron chi connectivity index (χ1n) is 10.8. The van der Waals surface area contributed by atoms with Gasteiger partial charge in [0.15, 0.2) is 0 Å². The van der Waals surface area contributed by atoms with Crippen LogP contribution in [0.5, 0.6) is 0 Å². The normalized spacial score (nSPS) is 20.5. The predicted molar refractivity (Wildman–Crippen MR) is 118 cm³/mol. The van der Waals surface area contributed by atoms with Gasteiger partial charge in [0.05, 0.1) is 16.1 Å². The number of nitrogens with one attached hydrogen (secondary N) is 1. The van der Waals surface area contributed by atoms with Gasteiger partial charge in [-0.3, -0.25) is 39.5 Å². The van der Waals surface area contributed by atoms with E-state index in [0.29, 0.717) is 32.0 Å². The largest absolute Gasteiger partial charge is 0.368 e. The number of carbonyl (C=O) groups is 4. The number of nitrogens with zero attached hydrogens (tertiary/aromatic N) is 5. The smallest absolute Gasteiger partial charge is 0.287 e. The Morgan fingerprint density at radius 2 is 1.65 bits per heavy atom. The Morgan fingerprint density at radius 1 is 0.941 bits per heavy atom. The van der Waals surface area contributed by atoms with Gasteiger partial charge in [-0.15, -0.1) is 0 Å². The minimum atomic E-state index is -0.994. The van der Waals surface area contributed by atoms with Crippen molar-refractivity contribution in [2.45, 2.75) is 18.9 Å². The number of piperazine rings is 1. The Hall–Kier alpha value is -4.35. The summed E-state index contributed by atoms with van der Waals surface area (Å²) in [5.74, 6) is -1.47. The van der Waals surface area contributed by atoms with Crippen LogP contribution in [0.2, 0.25) is 0 Å². The van der Waals surface area contributed by atoms with Gasteiger partial charge >= 0.3 is 0 Å². The summed E-state index contributed by atoms with van der Waals surface area (Å²) in [6.07, 6.45) is 1.42. The molecule has 2 saturated heterocycles. The molecule has 1 aromatic carbocycles. The SMILES string of the molecule is O=C1CCC(N2C(=O)c3ccc(N4CCN(c5ccc([N+](=O)[O-])cn5)CC4)cc3C2=O)C(=O)N1. The number of fused-ring (bicyclic) bond motifs is 1. The second-order valence-corrected chi connectivity index (χ2v) is 8.28. The zero-order chi connectivity index (χ0) is 24.0. The number of hydrogen-bond donors (Lipinski definition) is 1. The van der Waals surface area contributed by atoms with E-state index in [-0.39, 0.29) is 29.7 Å². The summed E-state index contributed by atoms with van der Waals surface area (Å²) in [4.78, 5) is 69.1. The maximum atomic E-state index is 13.0. The fourth-order valence-electron chi connectivity index (χ4n) is 4.52. The van der Waals surface area contributed by atoms with E-state index in [1.165, 1.54) is 12.3 Å². The number of rotatable bonds is 4. The molecule has 4 heterocycles. The van der Waals surface area contributed by atoms with Crippen molar-refractivity contribution in [3.05, 3.63) is 57.8 Å². The molecule has 1 aromatic heterocycles. The number of aromatic nitrogens is 1. The standard InChI is InChI=1S/C22H20N6O6/c29-19-6-4-17(20(30)24-19)27-21(31)15-3-1-13(11-16(15)22(27)32)25-7-9-26(10-8-25)18-5-2-14(12-23-18)28(33)34/h1-3,5,11-12,17H,4,6-10H2,(H,24,29,30). The Bertz CT molecular complexity index is 1220. The van der Waals surface area contributed by atoms with Crippen molar-refractivity contribution >= 4 is 40.8 Å². The van der Waals surface area contributed by atoms with Gasteiger partial charge in [0, 0.05) is 44.4 Å². The highest BCUT2D eigenvalue weighted by Crippen LogP contribution is 2.31. The number of anilines is 2. The number of benzene rings is 1. The Labute approximate surface area is 193 Å². The molecule has 3 aliphatic heterocycles. The van der Waals surface area contributed by atoms with Gasteiger partial charge in [0.25, 0.3) is 17.5 Å². The van der Waals surface area contributed by atoms with Crippen molar-refractivity contribution in [1.82, 2.24) is 15.2 Å². The molecule has 0 saturated carbocycles. The second-order valence-electron chi connectivity index (χ2n) is 8.28. The molecule has 1 unspecified atom stereocenters. The molecule has 0 spiro atoms. The highest BCUT2D eigenvalue weighted by atomic mass is 16.6. The summed E-state index contributed by atoms with van der Waals surface area (Å²) in [5, 5.41) is 13.0. The highest BCUT2D eigenvalue weighted by Gasteiger charge is 2.44. The molecule has 0 bridgehead atoms. The third-order valence-corrected chi connectivity index (χ3v) is 6.34. The van der Waals surface area contributed by atoms with Gasteiger partial charge in [-0.05, 0) is 30.7 Å². The average Bonchev–Trinajstić information content (AvgIpc) is 3.09. The predicted octanol–water partition coefficient (Wildman–Crippen LogP) is 0.718. The van der Waals surface area contributed by atoms with Crippen molar-refractivity contribution in [3.8, 4) is 0 Å². The van der Waals surface area contributed by atoms with Crippen LogP contribution >= 0.6 is 0 Å². The first-order valence-corrected chi connectivity index (χ1v) is 10.8. The number of imide groups is 2. The van der Waals surface area contributed by atoms with E-state index >= 15 is 0 Å². The molecule has 2 aromatic rings. The summed E-state index contributed by atoms with van der Waals surface area (Å²) in [6.45, 7) is 2.49. The molecule has 34 heavy (non-hydrogen) atoms. The quantitative estimate of drug-likeness (QED) is 0.393. The molecule has 1 N–H and O–H groups in total. The summed E-state index contributed by atoms with van der Waals surface area (Å²) in [7, 11) is 0. The van der Waals surface area contributed by atoms with Crippen LogP contribution in [0.25, 0.3) is 0 Å². The van der Waals surface area contributed by atoms with Gasteiger partial charge < -0.3 is 9.80 Å². The van der Waals surface area contributed by atoms with Crippen molar-refractivity contribution in [2.24, 2.45) is 0 Å². The third kappa shape index (κ3) is 3.62. The van der Waals surface area contributed by atoms with E-state index in [2.05, 4.69) is 15.2 Å². The van der Waals surface area contributed by atoms with E-state index in [0.717, 1.165) is 10.6 Å². The average molecular weight is 464 g/mol. The van der Waals surface area contributed by atoms with E-state index in [1.807, 2.05) is 4.90 Å². The maximum absolute atomic E-state index is 13.0. The monoisotopic (exact) mass is 464 g/mol. The van der Waals surface area contributed by atoms with E-state index in [4.69, 9.17) is 0 Å². The molecule has 2 fully saturated rings. The molecular formula is C22H20N6O6.